The predicted octanol–water partition coefficient (Wildman–Crippen LogP) is 4.33. The van der Waals surface area contributed by atoms with Gasteiger partial charge in [0.25, 0.3) is 0 Å². The van der Waals surface area contributed by atoms with Crippen LogP contribution in [-0.4, -0.2) is 27.9 Å². The van der Waals surface area contributed by atoms with Gasteiger partial charge in [-0.3, -0.25) is 0 Å². The number of hydrogen-bond donors (Lipinski definition) is 0. The Morgan fingerprint density at radius 3 is 2.32 bits per heavy atom. The smallest absolute Gasteiger partial charge is 0.399 e. The molecule has 0 N–H and O–H groups in total. The van der Waals surface area contributed by atoms with Crippen LogP contribution in [0.15, 0.2) is 24.5 Å². The topological polar surface area (TPSA) is 36.3 Å². The second-order valence-electron chi connectivity index (χ2n) is 8.68. The summed E-state index contributed by atoms with van der Waals surface area (Å²) in [5.41, 5.74) is 2.59. The summed E-state index contributed by atoms with van der Waals surface area (Å²) in [4.78, 5) is 4.65. The Kier molecular flexibility index (Phi) is 4.76. The summed E-state index contributed by atoms with van der Waals surface area (Å²) in [6.45, 7) is 15.1. The van der Waals surface area contributed by atoms with Crippen LogP contribution in [0, 0.1) is 5.92 Å². The Balaban J connectivity index is 1.90. The highest BCUT2D eigenvalue weighted by Crippen LogP contribution is 2.36. The summed E-state index contributed by atoms with van der Waals surface area (Å²) >= 11 is 0. The summed E-state index contributed by atoms with van der Waals surface area (Å²) in [6.07, 6.45) is 4.26. The van der Waals surface area contributed by atoms with Crippen LogP contribution in [0.3, 0.4) is 0 Å². The van der Waals surface area contributed by atoms with Gasteiger partial charge >= 0.3 is 7.12 Å². The maximum atomic E-state index is 6.17. The van der Waals surface area contributed by atoms with Crippen LogP contribution >= 0.6 is 0 Å². The van der Waals surface area contributed by atoms with Gasteiger partial charge < -0.3 is 13.9 Å². The fourth-order valence-electron chi connectivity index (χ4n) is 3.49. The second kappa shape index (κ2) is 6.44. The SMILES string of the molecule is CCC(CC(C)C)n1cnc2cc(B3OC(C)(C)C(C)(C)O3)ccc21. The molecule has 0 amide bonds. The molecule has 4 nitrogen and oxygen atoms in total. The van der Waals surface area contributed by atoms with E-state index in [2.05, 4.69) is 76.2 Å². The van der Waals surface area contributed by atoms with Gasteiger partial charge in [0.15, 0.2) is 0 Å². The highest BCUT2D eigenvalue weighted by molar-refractivity contribution is 6.62. The first-order chi connectivity index (χ1) is 11.6. The predicted molar refractivity (Wildman–Crippen MR) is 104 cm³/mol. The van der Waals surface area contributed by atoms with Crippen LogP contribution in [0.2, 0.25) is 0 Å². The van der Waals surface area contributed by atoms with Crippen molar-refractivity contribution < 1.29 is 9.31 Å². The molecule has 3 rings (SSSR count). The molecule has 5 heteroatoms. The van der Waals surface area contributed by atoms with Gasteiger partial charge in [0.05, 0.1) is 28.6 Å². The van der Waals surface area contributed by atoms with E-state index in [1.165, 1.54) is 11.9 Å². The van der Waals surface area contributed by atoms with Crippen molar-refractivity contribution in [3.63, 3.8) is 0 Å². The van der Waals surface area contributed by atoms with Crippen LogP contribution in [0.4, 0.5) is 0 Å². The lowest BCUT2D eigenvalue weighted by atomic mass is 9.79. The Hall–Kier alpha value is -1.33. The molecule has 0 spiro atoms. The van der Waals surface area contributed by atoms with Gasteiger partial charge in [-0.25, -0.2) is 4.98 Å². The third kappa shape index (κ3) is 3.36. The monoisotopic (exact) mass is 342 g/mol. The van der Waals surface area contributed by atoms with Crippen molar-refractivity contribution in [2.75, 3.05) is 0 Å². The van der Waals surface area contributed by atoms with Crippen molar-refractivity contribution in [3.8, 4) is 0 Å². The highest BCUT2D eigenvalue weighted by atomic mass is 16.7. The zero-order chi connectivity index (χ0) is 18.4. The number of hydrogen-bond acceptors (Lipinski definition) is 3. The maximum Gasteiger partial charge on any atom is 0.494 e. The molecule has 25 heavy (non-hydrogen) atoms. The number of aromatic nitrogens is 2. The molecule has 1 aromatic heterocycles. The normalized spacial score (nSPS) is 20.6. The highest BCUT2D eigenvalue weighted by Gasteiger charge is 2.51. The molecule has 0 bridgehead atoms. The number of imidazole rings is 1. The lowest BCUT2D eigenvalue weighted by Gasteiger charge is -2.32. The lowest BCUT2D eigenvalue weighted by Crippen LogP contribution is -2.41. The number of rotatable bonds is 5. The van der Waals surface area contributed by atoms with E-state index in [1.54, 1.807) is 0 Å². The lowest BCUT2D eigenvalue weighted by molar-refractivity contribution is 0.00578. The van der Waals surface area contributed by atoms with Crippen molar-refractivity contribution in [2.45, 2.75) is 78.6 Å². The molecule has 0 radical (unpaired) electrons. The van der Waals surface area contributed by atoms with Crippen LogP contribution in [0.1, 0.15) is 67.3 Å². The Morgan fingerprint density at radius 1 is 1.12 bits per heavy atom. The Labute approximate surface area is 152 Å². The van der Waals surface area contributed by atoms with Crippen molar-refractivity contribution >= 4 is 23.6 Å². The zero-order valence-electron chi connectivity index (χ0n) is 16.7. The third-order valence-corrected chi connectivity index (χ3v) is 5.73. The van der Waals surface area contributed by atoms with Gasteiger partial charge in [-0.15, -0.1) is 0 Å². The summed E-state index contributed by atoms with van der Waals surface area (Å²) in [5, 5.41) is 0. The molecule has 1 aromatic carbocycles. The first kappa shape index (κ1) is 18.5. The minimum atomic E-state index is -0.336. The van der Waals surface area contributed by atoms with Crippen LogP contribution in [0.25, 0.3) is 11.0 Å². The van der Waals surface area contributed by atoms with Crippen molar-refractivity contribution in [3.05, 3.63) is 24.5 Å². The molecule has 1 unspecified atom stereocenters. The molecule has 1 fully saturated rings. The van der Waals surface area contributed by atoms with E-state index < -0.39 is 0 Å². The van der Waals surface area contributed by atoms with Gasteiger partial charge in [0.1, 0.15) is 0 Å². The maximum absolute atomic E-state index is 6.17. The van der Waals surface area contributed by atoms with E-state index in [0.717, 1.165) is 17.4 Å². The van der Waals surface area contributed by atoms with E-state index in [9.17, 15) is 0 Å². The van der Waals surface area contributed by atoms with Crippen molar-refractivity contribution in [1.29, 1.82) is 0 Å². The zero-order valence-corrected chi connectivity index (χ0v) is 16.7. The Morgan fingerprint density at radius 2 is 1.76 bits per heavy atom. The number of benzene rings is 1. The van der Waals surface area contributed by atoms with Gasteiger partial charge in [0.2, 0.25) is 0 Å². The number of nitrogens with zero attached hydrogens (tertiary/aromatic N) is 2. The van der Waals surface area contributed by atoms with Crippen LogP contribution in [0.5, 0.6) is 0 Å². The second-order valence-corrected chi connectivity index (χ2v) is 8.68. The average Bonchev–Trinajstić information content (AvgIpc) is 3.02. The van der Waals surface area contributed by atoms with Crippen LogP contribution < -0.4 is 5.46 Å². The fraction of sp³-hybridized carbons (Fsp3) is 0.650. The average molecular weight is 342 g/mol. The molecule has 1 saturated heterocycles. The first-order valence-electron chi connectivity index (χ1n) is 9.46. The molecule has 1 aliphatic rings. The summed E-state index contributed by atoms with van der Waals surface area (Å²) < 4.78 is 14.7. The standard InChI is InChI=1S/C20H31BN2O2/c1-8-16(11-14(2)3)23-13-22-17-12-15(9-10-18(17)23)21-24-19(4,5)20(6,7)25-21/h9-10,12-14,16H,8,11H2,1-7H3. The summed E-state index contributed by atoms with van der Waals surface area (Å²) in [5.74, 6) is 0.673. The van der Waals surface area contributed by atoms with Gasteiger partial charge in [-0.1, -0.05) is 26.8 Å². The first-order valence-corrected chi connectivity index (χ1v) is 9.46. The van der Waals surface area contributed by atoms with Gasteiger partial charge in [-0.2, -0.15) is 0 Å². The largest absolute Gasteiger partial charge is 0.494 e. The van der Waals surface area contributed by atoms with E-state index in [-0.39, 0.29) is 18.3 Å². The molecular weight excluding hydrogens is 311 g/mol. The summed E-state index contributed by atoms with van der Waals surface area (Å²) in [6, 6.07) is 6.87. The quantitative estimate of drug-likeness (QED) is 0.759. The minimum absolute atomic E-state index is 0.323. The molecule has 2 aromatic rings. The summed E-state index contributed by atoms with van der Waals surface area (Å²) in [7, 11) is -0.336. The van der Waals surface area contributed by atoms with Crippen molar-refractivity contribution in [2.24, 2.45) is 5.92 Å². The van der Waals surface area contributed by atoms with E-state index in [1.807, 2.05) is 6.33 Å². The molecular formula is C20H31BN2O2. The minimum Gasteiger partial charge on any atom is -0.399 e. The fourth-order valence-corrected chi connectivity index (χ4v) is 3.49. The van der Waals surface area contributed by atoms with Crippen LogP contribution in [-0.2, 0) is 9.31 Å². The molecule has 1 atom stereocenters. The molecule has 136 valence electrons. The molecule has 1 aliphatic heterocycles. The number of fused-ring (bicyclic) bond motifs is 1. The molecule has 2 heterocycles. The Bertz CT molecular complexity index is 735. The van der Waals surface area contributed by atoms with E-state index in [4.69, 9.17) is 9.31 Å². The van der Waals surface area contributed by atoms with Crippen molar-refractivity contribution in [1.82, 2.24) is 9.55 Å². The van der Waals surface area contributed by atoms with E-state index in [0.29, 0.717) is 12.0 Å². The molecule has 0 saturated carbocycles. The third-order valence-electron chi connectivity index (χ3n) is 5.73. The van der Waals surface area contributed by atoms with Gasteiger partial charge in [0, 0.05) is 6.04 Å². The van der Waals surface area contributed by atoms with Gasteiger partial charge in [-0.05, 0) is 64.1 Å². The molecule has 0 aliphatic carbocycles. The van der Waals surface area contributed by atoms with E-state index >= 15 is 0 Å².